The summed E-state index contributed by atoms with van der Waals surface area (Å²) in [5.74, 6) is -0.611. The first-order valence-corrected chi connectivity index (χ1v) is 16.3. The van der Waals surface area contributed by atoms with Crippen LogP contribution in [-0.4, -0.2) is 47.2 Å². The van der Waals surface area contributed by atoms with E-state index in [0.29, 0.717) is 12.3 Å². The first-order chi connectivity index (χ1) is 21.6. The van der Waals surface area contributed by atoms with Gasteiger partial charge in [-0.15, -0.1) is 0 Å². The maximum Gasteiger partial charge on any atom is 0.326 e. The van der Waals surface area contributed by atoms with Gasteiger partial charge < -0.3 is 24.8 Å². The highest BCUT2D eigenvalue weighted by Crippen LogP contribution is 2.49. The predicted octanol–water partition coefficient (Wildman–Crippen LogP) is 7.56. The summed E-state index contributed by atoms with van der Waals surface area (Å²) < 4.78 is 12.2. The van der Waals surface area contributed by atoms with Crippen LogP contribution in [0.4, 0.5) is 0 Å². The van der Waals surface area contributed by atoms with Gasteiger partial charge in [0.25, 0.3) is 5.91 Å². The molecule has 0 aliphatic carbocycles. The third-order valence-corrected chi connectivity index (χ3v) is 9.19. The van der Waals surface area contributed by atoms with Crippen molar-refractivity contribution in [1.29, 1.82) is 0 Å². The molecule has 248 valence electrons. The number of hydrogen-bond donors (Lipinski definition) is 2. The van der Waals surface area contributed by atoms with Crippen molar-refractivity contribution in [2.45, 2.75) is 98.5 Å². The number of amides is 1. The Morgan fingerprint density at radius 2 is 1.54 bits per heavy atom. The fraction of sp³-hybridized carbons (Fsp3) is 0.487. The van der Waals surface area contributed by atoms with Gasteiger partial charge in [-0.25, -0.2) is 4.79 Å². The Kier molecular flexibility index (Phi) is 10.6. The van der Waals surface area contributed by atoms with Crippen molar-refractivity contribution in [3.05, 3.63) is 95.1 Å². The largest absolute Gasteiger partial charge is 0.496 e. The number of methoxy groups -OCH3 is 1. The van der Waals surface area contributed by atoms with Crippen LogP contribution in [0.5, 0.6) is 11.5 Å². The molecule has 46 heavy (non-hydrogen) atoms. The first kappa shape index (κ1) is 35.0. The number of ether oxygens (including phenoxy) is 2. The normalized spacial score (nSPS) is 20.9. The lowest BCUT2D eigenvalue weighted by Gasteiger charge is -2.36. The molecule has 3 aromatic rings. The predicted molar refractivity (Wildman–Crippen MR) is 183 cm³/mol. The zero-order valence-corrected chi connectivity index (χ0v) is 29.1. The summed E-state index contributed by atoms with van der Waals surface area (Å²) in [6, 6.07) is 21.6. The van der Waals surface area contributed by atoms with Gasteiger partial charge in [0.2, 0.25) is 0 Å². The smallest absolute Gasteiger partial charge is 0.326 e. The number of rotatable bonds is 10. The van der Waals surface area contributed by atoms with E-state index < -0.39 is 35.5 Å². The second kappa shape index (κ2) is 13.9. The zero-order valence-electron chi connectivity index (χ0n) is 29.1. The van der Waals surface area contributed by atoms with E-state index in [0.717, 1.165) is 22.4 Å². The van der Waals surface area contributed by atoms with Crippen LogP contribution in [0.15, 0.2) is 72.8 Å². The highest BCUT2D eigenvalue weighted by molar-refractivity contribution is 5.88. The number of aryl methyl sites for hydroxylation is 1. The van der Waals surface area contributed by atoms with Crippen LogP contribution in [0.25, 0.3) is 0 Å². The van der Waals surface area contributed by atoms with Gasteiger partial charge in [0.1, 0.15) is 17.5 Å². The van der Waals surface area contributed by atoms with E-state index in [1.165, 1.54) is 5.56 Å². The lowest BCUT2D eigenvalue weighted by Crippen LogP contribution is -2.52. The second-order valence-corrected chi connectivity index (χ2v) is 15.0. The standard InChI is InChI=1S/C39H52N2O5/c1-24(2)35(46-29-19-15-14-16-25(29)3)36(42)41-33(26-17-12-11-13-18-26)32(31(39(7,8)9)34(41)37(43)44)40-23-27-22-28(38(4,5)6)20-21-30(27)45-10/h11-22,24,31-35,40H,23H2,1-10H3,(H,43,44)/t31-,32-,33-,34-,35?/m0/s1. The molecule has 4 rings (SSSR count). The van der Waals surface area contributed by atoms with Crippen molar-refractivity contribution in [1.82, 2.24) is 10.2 Å². The summed E-state index contributed by atoms with van der Waals surface area (Å²) in [4.78, 5) is 29.8. The summed E-state index contributed by atoms with van der Waals surface area (Å²) in [6.07, 6.45) is -0.878. The van der Waals surface area contributed by atoms with E-state index in [2.05, 4.69) is 59.0 Å². The highest BCUT2D eigenvalue weighted by atomic mass is 16.5. The van der Waals surface area contributed by atoms with Crippen molar-refractivity contribution in [2.24, 2.45) is 17.3 Å². The van der Waals surface area contributed by atoms with Crippen molar-refractivity contribution in [2.75, 3.05) is 7.11 Å². The molecule has 7 nitrogen and oxygen atoms in total. The SMILES string of the molecule is COc1ccc(C(C)(C)C)cc1CN[C@H]1[C@H](C(C)(C)C)[C@@H](C(=O)O)N(C(=O)C(Oc2ccccc2C)C(C)C)[C@H]1c1ccccc1. The monoisotopic (exact) mass is 628 g/mol. The Morgan fingerprint density at radius 1 is 0.913 bits per heavy atom. The van der Waals surface area contributed by atoms with Gasteiger partial charge in [-0.2, -0.15) is 0 Å². The van der Waals surface area contributed by atoms with Gasteiger partial charge in [0, 0.05) is 24.1 Å². The van der Waals surface area contributed by atoms with Crippen molar-refractivity contribution >= 4 is 11.9 Å². The molecule has 0 spiro atoms. The Bertz CT molecular complexity index is 1500. The fourth-order valence-electron chi connectivity index (χ4n) is 6.78. The molecule has 0 aromatic heterocycles. The van der Waals surface area contributed by atoms with Gasteiger partial charge in [-0.1, -0.05) is 116 Å². The number of nitrogens with one attached hydrogen (secondary N) is 1. The fourth-order valence-corrected chi connectivity index (χ4v) is 6.78. The van der Waals surface area contributed by atoms with E-state index in [1.54, 1.807) is 12.0 Å². The molecule has 1 unspecified atom stereocenters. The molecule has 1 fully saturated rings. The van der Waals surface area contributed by atoms with Gasteiger partial charge in [-0.05, 0) is 52.5 Å². The minimum Gasteiger partial charge on any atom is -0.496 e. The molecule has 7 heteroatoms. The number of aliphatic carboxylic acids is 1. The second-order valence-electron chi connectivity index (χ2n) is 15.0. The number of carbonyl (C=O) groups excluding carboxylic acids is 1. The van der Waals surface area contributed by atoms with E-state index in [9.17, 15) is 14.7 Å². The summed E-state index contributed by atoms with van der Waals surface area (Å²) in [7, 11) is 1.66. The number of hydrogen-bond acceptors (Lipinski definition) is 5. The molecule has 1 aliphatic heterocycles. The molecule has 1 aliphatic rings. The molecule has 3 aromatic carbocycles. The summed E-state index contributed by atoms with van der Waals surface area (Å²) in [5.41, 5.74) is 3.42. The summed E-state index contributed by atoms with van der Waals surface area (Å²) in [6.45, 7) is 19.0. The van der Waals surface area contributed by atoms with Crippen LogP contribution in [0.1, 0.15) is 83.7 Å². The van der Waals surface area contributed by atoms with Gasteiger partial charge in [0.05, 0.1) is 13.2 Å². The first-order valence-electron chi connectivity index (χ1n) is 16.3. The number of nitrogens with zero attached hydrogens (tertiary/aromatic N) is 1. The number of likely N-dealkylation sites (tertiary alicyclic amines) is 1. The van der Waals surface area contributed by atoms with Crippen LogP contribution in [0.3, 0.4) is 0 Å². The molecule has 1 amide bonds. The molecule has 0 saturated carbocycles. The Balaban J connectivity index is 1.85. The maximum atomic E-state index is 14.8. The maximum absolute atomic E-state index is 14.8. The third-order valence-electron chi connectivity index (χ3n) is 9.19. The van der Waals surface area contributed by atoms with Crippen molar-refractivity contribution in [3.63, 3.8) is 0 Å². The van der Waals surface area contributed by atoms with Crippen LogP contribution >= 0.6 is 0 Å². The number of para-hydroxylation sites is 1. The van der Waals surface area contributed by atoms with E-state index in [-0.39, 0.29) is 23.3 Å². The topological polar surface area (TPSA) is 88.1 Å². The molecule has 5 atom stereocenters. The molecule has 0 radical (unpaired) electrons. The molecular formula is C39H52N2O5. The minimum absolute atomic E-state index is 0.0600. The molecular weight excluding hydrogens is 576 g/mol. The van der Waals surface area contributed by atoms with Gasteiger partial charge in [0.15, 0.2) is 6.10 Å². The van der Waals surface area contributed by atoms with Crippen molar-refractivity contribution < 1.29 is 24.2 Å². The van der Waals surface area contributed by atoms with Gasteiger partial charge >= 0.3 is 5.97 Å². The third kappa shape index (κ3) is 7.41. The van der Waals surface area contributed by atoms with Crippen LogP contribution in [-0.2, 0) is 21.5 Å². The van der Waals surface area contributed by atoms with Crippen LogP contribution in [0, 0.1) is 24.2 Å². The van der Waals surface area contributed by atoms with Crippen LogP contribution in [0.2, 0.25) is 0 Å². The van der Waals surface area contributed by atoms with E-state index >= 15 is 0 Å². The number of carbonyl (C=O) groups is 2. The number of carboxylic acid groups (broad SMARTS) is 1. The van der Waals surface area contributed by atoms with E-state index in [1.807, 2.05) is 81.4 Å². The lowest BCUT2D eigenvalue weighted by molar-refractivity contribution is -0.156. The molecule has 2 N–H and O–H groups in total. The quantitative estimate of drug-likeness (QED) is 0.241. The molecule has 0 bridgehead atoms. The highest BCUT2D eigenvalue weighted by Gasteiger charge is 2.59. The Hall–Kier alpha value is -3.84. The molecule has 1 heterocycles. The van der Waals surface area contributed by atoms with Crippen LogP contribution < -0.4 is 14.8 Å². The van der Waals surface area contributed by atoms with Gasteiger partial charge in [-0.3, -0.25) is 4.79 Å². The number of carboxylic acids is 1. The average molecular weight is 629 g/mol. The van der Waals surface area contributed by atoms with Crippen molar-refractivity contribution in [3.8, 4) is 11.5 Å². The Morgan fingerprint density at radius 3 is 2.09 bits per heavy atom. The average Bonchev–Trinajstić information content (AvgIpc) is 3.35. The van der Waals surface area contributed by atoms with E-state index in [4.69, 9.17) is 9.47 Å². The molecule has 1 saturated heterocycles. The summed E-state index contributed by atoms with van der Waals surface area (Å²) >= 11 is 0. The summed E-state index contributed by atoms with van der Waals surface area (Å²) in [5, 5.41) is 14.7. The minimum atomic E-state index is -1.08. The zero-order chi connectivity index (χ0) is 34.0. The number of benzene rings is 3. The lowest BCUT2D eigenvalue weighted by atomic mass is 9.72. The Labute approximate surface area is 275 Å².